The number of carbonyl (C=O) groups is 2. The van der Waals surface area contributed by atoms with Gasteiger partial charge in [0.25, 0.3) is 0 Å². The van der Waals surface area contributed by atoms with Crippen LogP contribution in [-0.2, 0) is 9.59 Å². The minimum Gasteiger partial charge on any atom is -0.356 e. The fourth-order valence-corrected chi connectivity index (χ4v) is 2.34. The third kappa shape index (κ3) is 14.3. The van der Waals surface area contributed by atoms with E-state index in [-0.39, 0.29) is 17.2 Å². The molecule has 4 heteroatoms. The van der Waals surface area contributed by atoms with Gasteiger partial charge in [-0.05, 0) is 18.3 Å². The highest BCUT2D eigenvalue weighted by atomic mass is 16.2. The average molecular weight is 327 g/mol. The van der Waals surface area contributed by atoms with Gasteiger partial charge in [-0.15, -0.1) is 0 Å². The maximum atomic E-state index is 11.8. The summed E-state index contributed by atoms with van der Waals surface area (Å²) >= 11 is 0. The highest BCUT2D eigenvalue weighted by Gasteiger charge is 2.19. The summed E-state index contributed by atoms with van der Waals surface area (Å²) in [7, 11) is 0. The summed E-state index contributed by atoms with van der Waals surface area (Å²) < 4.78 is 0. The van der Waals surface area contributed by atoms with Gasteiger partial charge in [0, 0.05) is 25.9 Å². The van der Waals surface area contributed by atoms with Crippen LogP contribution in [-0.4, -0.2) is 24.9 Å². The highest BCUT2D eigenvalue weighted by Crippen LogP contribution is 2.12. The van der Waals surface area contributed by atoms with E-state index in [0.29, 0.717) is 25.9 Å². The number of amides is 2. The molecule has 136 valence electrons. The molecule has 4 nitrogen and oxygen atoms in total. The van der Waals surface area contributed by atoms with Crippen molar-refractivity contribution in [3.8, 4) is 0 Å². The van der Waals surface area contributed by atoms with Gasteiger partial charge in [0.05, 0.1) is 0 Å². The molecule has 0 bridgehead atoms. The Morgan fingerprint density at radius 2 is 1.09 bits per heavy atom. The lowest BCUT2D eigenvalue weighted by molar-refractivity contribution is -0.121. The average Bonchev–Trinajstić information content (AvgIpc) is 2.52. The standard InChI is InChI=1S/C19H38N2O2/c1-5-7-9-11-13-17(22)20-15-19(3,4)16-21-18(23)14-12-10-8-6-2/h5-16H2,1-4H3,(H,20,22)(H,21,23). The summed E-state index contributed by atoms with van der Waals surface area (Å²) in [5.74, 6) is 0.250. The monoisotopic (exact) mass is 326 g/mol. The Hall–Kier alpha value is -1.06. The fourth-order valence-electron chi connectivity index (χ4n) is 2.34. The maximum absolute atomic E-state index is 11.8. The molecule has 0 aliphatic rings. The summed E-state index contributed by atoms with van der Waals surface area (Å²) in [4.78, 5) is 23.6. The molecule has 0 atom stereocenters. The van der Waals surface area contributed by atoms with Crippen LogP contribution in [0.5, 0.6) is 0 Å². The summed E-state index contributed by atoms with van der Waals surface area (Å²) in [5, 5.41) is 5.99. The van der Waals surface area contributed by atoms with Crippen LogP contribution >= 0.6 is 0 Å². The minimum absolute atomic E-state index is 0.113. The Morgan fingerprint density at radius 3 is 1.43 bits per heavy atom. The van der Waals surface area contributed by atoms with Crippen molar-refractivity contribution in [2.75, 3.05) is 13.1 Å². The normalized spacial score (nSPS) is 11.3. The Balaban J connectivity index is 3.78. The van der Waals surface area contributed by atoms with Crippen LogP contribution < -0.4 is 10.6 Å². The number of rotatable bonds is 14. The second-order valence-corrected chi connectivity index (χ2v) is 7.34. The van der Waals surface area contributed by atoms with E-state index in [2.05, 4.69) is 38.3 Å². The molecular formula is C19H38N2O2. The van der Waals surface area contributed by atoms with Gasteiger partial charge >= 0.3 is 0 Å². The van der Waals surface area contributed by atoms with Crippen LogP contribution in [0.4, 0.5) is 0 Å². The van der Waals surface area contributed by atoms with Gasteiger partial charge in [-0.25, -0.2) is 0 Å². The predicted molar refractivity (Wildman–Crippen MR) is 97.3 cm³/mol. The molecule has 0 radical (unpaired) electrons. The lowest BCUT2D eigenvalue weighted by Crippen LogP contribution is -2.42. The Morgan fingerprint density at radius 1 is 0.696 bits per heavy atom. The summed E-state index contributed by atoms with van der Waals surface area (Å²) in [6.45, 7) is 9.69. The molecule has 0 rings (SSSR count). The van der Waals surface area contributed by atoms with Crippen molar-refractivity contribution in [2.45, 2.75) is 91.9 Å². The number of carbonyl (C=O) groups excluding carboxylic acids is 2. The van der Waals surface area contributed by atoms with Crippen LogP contribution in [0.15, 0.2) is 0 Å². The van der Waals surface area contributed by atoms with Crippen LogP contribution in [0, 0.1) is 5.41 Å². The lowest BCUT2D eigenvalue weighted by atomic mass is 9.93. The molecule has 0 saturated heterocycles. The van der Waals surface area contributed by atoms with Crippen molar-refractivity contribution in [3.05, 3.63) is 0 Å². The second-order valence-electron chi connectivity index (χ2n) is 7.34. The Labute approximate surface area is 143 Å². The zero-order valence-electron chi connectivity index (χ0n) is 15.8. The van der Waals surface area contributed by atoms with Crippen molar-refractivity contribution in [1.29, 1.82) is 0 Å². The largest absolute Gasteiger partial charge is 0.356 e. The molecular weight excluding hydrogens is 288 g/mol. The molecule has 0 unspecified atom stereocenters. The second kappa shape index (κ2) is 13.4. The quantitative estimate of drug-likeness (QED) is 0.470. The fraction of sp³-hybridized carbons (Fsp3) is 0.895. The van der Waals surface area contributed by atoms with Gasteiger partial charge < -0.3 is 10.6 Å². The molecule has 0 fully saturated rings. The van der Waals surface area contributed by atoms with Crippen molar-refractivity contribution < 1.29 is 9.59 Å². The molecule has 0 aromatic heterocycles. The first kappa shape index (κ1) is 21.9. The molecule has 2 amide bonds. The molecule has 2 N–H and O–H groups in total. The first-order chi connectivity index (χ1) is 10.9. The van der Waals surface area contributed by atoms with Crippen LogP contribution in [0.25, 0.3) is 0 Å². The van der Waals surface area contributed by atoms with Gasteiger partial charge in [-0.3, -0.25) is 9.59 Å². The molecule has 0 heterocycles. The van der Waals surface area contributed by atoms with E-state index in [4.69, 9.17) is 0 Å². The first-order valence-corrected chi connectivity index (χ1v) is 9.44. The SMILES string of the molecule is CCCCCCC(=O)NCC(C)(C)CNC(=O)CCCCCC. The van der Waals surface area contributed by atoms with Gasteiger partial charge in [-0.1, -0.05) is 66.2 Å². The molecule has 0 spiro atoms. The topological polar surface area (TPSA) is 58.2 Å². The zero-order chi connectivity index (χ0) is 17.6. The van der Waals surface area contributed by atoms with E-state index >= 15 is 0 Å². The van der Waals surface area contributed by atoms with E-state index in [1.807, 2.05) is 0 Å². The lowest BCUT2D eigenvalue weighted by Gasteiger charge is -2.25. The Kier molecular flexibility index (Phi) is 12.8. The summed E-state index contributed by atoms with van der Waals surface area (Å²) in [5.41, 5.74) is -0.113. The van der Waals surface area contributed by atoms with Crippen molar-refractivity contribution in [2.24, 2.45) is 5.41 Å². The molecule has 0 aliphatic carbocycles. The van der Waals surface area contributed by atoms with Gasteiger partial charge in [0.1, 0.15) is 0 Å². The van der Waals surface area contributed by atoms with Crippen molar-refractivity contribution in [1.82, 2.24) is 10.6 Å². The van der Waals surface area contributed by atoms with E-state index in [9.17, 15) is 9.59 Å². The summed E-state index contributed by atoms with van der Waals surface area (Å²) in [6, 6.07) is 0. The van der Waals surface area contributed by atoms with E-state index in [1.54, 1.807) is 0 Å². The zero-order valence-corrected chi connectivity index (χ0v) is 15.8. The minimum atomic E-state index is -0.113. The molecule has 0 aliphatic heterocycles. The maximum Gasteiger partial charge on any atom is 0.220 e. The number of hydrogen-bond acceptors (Lipinski definition) is 2. The van der Waals surface area contributed by atoms with Crippen molar-refractivity contribution >= 4 is 11.8 Å². The Bertz CT molecular complexity index is 297. The molecule has 0 saturated carbocycles. The summed E-state index contributed by atoms with van der Waals surface area (Å²) in [6.07, 6.45) is 10.2. The third-order valence-corrected chi connectivity index (χ3v) is 4.04. The van der Waals surface area contributed by atoms with Crippen LogP contribution in [0.1, 0.15) is 91.9 Å². The third-order valence-electron chi connectivity index (χ3n) is 4.04. The number of hydrogen-bond donors (Lipinski definition) is 2. The number of nitrogens with one attached hydrogen (secondary N) is 2. The molecule has 0 aromatic carbocycles. The molecule has 0 aromatic rings. The predicted octanol–water partition coefficient (Wildman–Crippen LogP) is 4.19. The van der Waals surface area contributed by atoms with Gasteiger partial charge in [0.15, 0.2) is 0 Å². The van der Waals surface area contributed by atoms with Crippen LogP contribution in [0.2, 0.25) is 0 Å². The van der Waals surface area contributed by atoms with Crippen LogP contribution in [0.3, 0.4) is 0 Å². The van der Waals surface area contributed by atoms with E-state index < -0.39 is 0 Å². The highest BCUT2D eigenvalue weighted by molar-refractivity contribution is 5.76. The smallest absolute Gasteiger partial charge is 0.220 e. The van der Waals surface area contributed by atoms with E-state index in [1.165, 1.54) is 25.7 Å². The van der Waals surface area contributed by atoms with Crippen molar-refractivity contribution in [3.63, 3.8) is 0 Å². The first-order valence-electron chi connectivity index (χ1n) is 9.44. The van der Waals surface area contributed by atoms with Gasteiger partial charge in [0.2, 0.25) is 11.8 Å². The molecule has 23 heavy (non-hydrogen) atoms. The number of unbranched alkanes of at least 4 members (excludes halogenated alkanes) is 6. The van der Waals surface area contributed by atoms with Gasteiger partial charge in [-0.2, -0.15) is 0 Å². The van der Waals surface area contributed by atoms with E-state index in [0.717, 1.165) is 25.7 Å².